The van der Waals surface area contributed by atoms with E-state index in [4.69, 9.17) is 5.73 Å². The van der Waals surface area contributed by atoms with Gasteiger partial charge in [0.25, 0.3) is 0 Å². The van der Waals surface area contributed by atoms with Crippen molar-refractivity contribution in [3.05, 3.63) is 24.0 Å². The molecule has 6 heteroatoms. The van der Waals surface area contributed by atoms with E-state index in [9.17, 15) is 12.8 Å². The van der Waals surface area contributed by atoms with Gasteiger partial charge >= 0.3 is 0 Å². The lowest BCUT2D eigenvalue weighted by Gasteiger charge is -2.23. The maximum atomic E-state index is 13.5. The maximum Gasteiger partial charge on any atom is 0.245 e. The molecule has 3 rings (SSSR count). The molecule has 1 aromatic rings. The number of benzene rings is 1. The van der Waals surface area contributed by atoms with Gasteiger partial charge in [-0.25, -0.2) is 12.8 Å². The Morgan fingerprint density at radius 3 is 2.20 bits per heavy atom. The largest absolute Gasteiger partial charge is 0.395 e. The summed E-state index contributed by atoms with van der Waals surface area (Å²) >= 11 is 0. The Hall–Kier alpha value is -1.14. The summed E-state index contributed by atoms with van der Waals surface area (Å²) in [7, 11) is -3.70. The average molecular weight is 298 g/mol. The van der Waals surface area contributed by atoms with Crippen molar-refractivity contribution in [2.45, 2.75) is 30.6 Å². The zero-order chi connectivity index (χ0) is 14.3. The fraction of sp³-hybridized carbons (Fsp3) is 0.571. The highest BCUT2D eigenvalue weighted by Gasteiger charge is 2.36. The average Bonchev–Trinajstić information content (AvgIpc) is 3.26. The van der Waals surface area contributed by atoms with Crippen molar-refractivity contribution < 1.29 is 12.8 Å². The Bertz CT molecular complexity index is 596. The van der Waals surface area contributed by atoms with Crippen molar-refractivity contribution >= 4 is 15.7 Å². The first-order valence-corrected chi connectivity index (χ1v) is 8.46. The van der Waals surface area contributed by atoms with Crippen molar-refractivity contribution in [2.75, 3.05) is 18.8 Å². The quantitative estimate of drug-likeness (QED) is 0.819. The van der Waals surface area contributed by atoms with Crippen LogP contribution < -0.4 is 5.73 Å². The minimum absolute atomic E-state index is 0.0983. The summed E-state index contributed by atoms with van der Waals surface area (Å²) in [5, 5.41) is 0. The molecule has 0 unspecified atom stereocenters. The fourth-order valence-electron chi connectivity index (χ4n) is 2.33. The van der Waals surface area contributed by atoms with Gasteiger partial charge in [0.2, 0.25) is 10.0 Å². The molecule has 0 bridgehead atoms. The highest BCUT2D eigenvalue weighted by atomic mass is 32.2. The van der Waals surface area contributed by atoms with Crippen molar-refractivity contribution in [3.8, 4) is 0 Å². The molecular formula is C14H19FN2O2S. The normalized spacial score (nSPS) is 19.5. The van der Waals surface area contributed by atoms with Crippen LogP contribution in [0.5, 0.6) is 0 Å². The van der Waals surface area contributed by atoms with Crippen LogP contribution in [0.3, 0.4) is 0 Å². The third kappa shape index (κ3) is 2.81. The predicted molar refractivity (Wildman–Crippen MR) is 75.0 cm³/mol. The van der Waals surface area contributed by atoms with E-state index in [1.807, 2.05) is 0 Å². The van der Waals surface area contributed by atoms with Gasteiger partial charge in [-0.3, -0.25) is 0 Å². The van der Waals surface area contributed by atoms with E-state index in [-0.39, 0.29) is 10.6 Å². The van der Waals surface area contributed by atoms with E-state index in [1.165, 1.54) is 22.5 Å². The minimum atomic E-state index is -3.70. The smallest absolute Gasteiger partial charge is 0.245 e. The lowest BCUT2D eigenvalue weighted by Crippen LogP contribution is -2.35. The summed E-state index contributed by atoms with van der Waals surface area (Å²) in [6.45, 7) is 1.07. The lowest BCUT2D eigenvalue weighted by atomic mass is 10.3. The first-order chi connectivity index (χ1) is 9.48. The molecule has 2 aliphatic carbocycles. The van der Waals surface area contributed by atoms with Crippen LogP contribution in [0.15, 0.2) is 23.1 Å². The second-order valence-corrected chi connectivity index (χ2v) is 7.77. The molecule has 0 aromatic heterocycles. The Labute approximate surface area is 118 Å². The number of sulfonamides is 1. The highest BCUT2D eigenvalue weighted by molar-refractivity contribution is 7.89. The van der Waals surface area contributed by atoms with E-state index in [2.05, 4.69) is 0 Å². The van der Waals surface area contributed by atoms with Crippen molar-refractivity contribution in [1.29, 1.82) is 0 Å². The van der Waals surface area contributed by atoms with Crippen LogP contribution in [-0.4, -0.2) is 25.8 Å². The zero-order valence-electron chi connectivity index (χ0n) is 11.3. The third-order valence-electron chi connectivity index (χ3n) is 3.95. The number of para-hydroxylation sites is 1. The van der Waals surface area contributed by atoms with Crippen molar-refractivity contribution in [2.24, 2.45) is 11.8 Å². The molecule has 0 saturated heterocycles. The highest BCUT2D eigenvalue weighted by Crippen LogP contribution is 2.36. The second-order valence-electron chi connectivity index (χ2n) is 5.86. The number of anilines is 1. The molecule has 0 aliphatic heterocycles. The van der Waals surface area contributed by atoms with Gasteiger partial charge in [-0.05, 0) is 49.7 Å². The summed E-state index contributed by atoms with van der Waals surface area (Å²) < 4.78 is 40.4. The van der Waals surface area contributed by atoms with Gasteiger partial charge in [0.15, 0.2) is 0 Å². The molecule has 1 aromatic carbocycles. The number of halogens is 1. The van der Waals surface area contributed by atoms with Crippen LogP contribution in [-0.2, 0) is 10.0 Å². The van der Waals surface area contributed by atoms with Crippen LogP contribution in [0.2, 0.25) is 0 Å². The van der Waals surface area contributed by atoms with E-state index in [0.29, 0.717) is 24.9 Å². The summed E-state index contributed by atoms with van der Waals surface area (Å²) in [6.07, 6.45) is 4.31. The number of hydrogen-bond donors (Lipinski definition) is 1. The Balaban J connectivity index is 1.91. The number of nitrogens with two attached hydrogens (primary N) is 1. The predicted octanol–water partition coefficient (Wildman–Crippen LogP) is 2.22. The van der Waals surface area contributed by atoms with Gasteiger partial charge in [0.1, 0.15) is 10.7 Å². The SMILES string of the molecule is Nc1c(F)cccc1S(=O)(=O)N(CC1CC1)CC1CC1. The number of hydrogen-bond acceptors (Lipinski definition) is 3. The molecular weight excluding hydrogens is 279 g/mol. The molecule has 20 heavy (non-hydrogen) atoms. The topological polar surface area (TPSA) is 63.4 Å². The Morgan fingerprint density at radius 1 is 1.15 bits per heavy atom. The van der Waals surface area contributed by atoms with Crippen LogP contribution >= 0.6 is 0 Å². The summed E-state index contributed by atoms with van der Waals surface area (Å²) in [5.41, 5.74) is 5.34. The molecule has 2 N–H and O–H groups in total. The monoisotopic (exact) mass is 298 g/mol. The number of nitrogens with zero attached hydrogens (tertiary/aromatic N) is 1. The van der Waals surface area contributed by atoms with Crippen molar-refractivity contribution in [3.63, 3.8) is 0 Å². The van der Waals surface area contributed by atoms with Gasteiger partial charge < -0.3 is 5.73 Å². The molecule has 0 radical (unpaired) electrons. The first-order valence-electron chi connectivity index (χ1n) is 7.02. The van der Waals surface area contributed by atoms with Gasteiger partial charge in [0, 0.05) is 13.1 Å². The molecule has 2 aliphatic rings. The number of nitrogen functional groups attached to an aromatic ring is 1. The summed E-state index contributed by atoms with van der Waals surface area (Å²) in [4.78, 5) is -0.0983. The third-order valence-corrected chi connectivity index (χ3v) is 5.84. The van der Waals surface area contributed by atoms with Gasteiger partial charge in [-0.15, -0.1) is 0 Å². The van der Waals surface area contributed by atoms with Crippen LogP contribution in [0.1, 0.15) is 25.7 Å². The molecule has 0 spiro atoms. The van der Waals surface area contributed by atoms with E-state index < -0.39 is 15.8 Å². The standard InChI is InChI=1S/C14H19FN2O2S/c15-12-2-1-3-13(14(12)16)20(18,19)17(8-10-4-5-10)9-11-6-7-11/h1-3,10-11H,4-9,16H2. The van der Waals surface area contributed by atoms with Gasteiger partial charge in [0.05, 0.1) is 5.69 Å². The molecule has 110 valence electrons. The summed E-state index contributed by atoms with van der Waals surface area (Å²) in [5.74, 6) is 0.237. The van der Waals surface area contributed by atoms with E-state index in [0.717, 1.165) is 25.7 Å². The Kier molecular flexibility index (Phi) is 3.46. The van der Waals surface area contributed by atoms with Gasteiger partial charge in [-0.1, -0.05) is 6.07 Å². The van der Waals surface area contributed by atoms with Crippen LogP contribution in [0, 0.1) is 17.7 Å². The first kappa shape index (κ1) is 13.8. The van der Waals surface area contributed by atoms with Gasteiger partial charge in [-0.2, -0.15) is 4.31 Å². The second kappa shape index (κ2) is 5.00. The molecule has 2 saturated carbocycles. The lowest BCUT2D eigenvalue weighted by molar-refractivity contribution is 0.382. The fourth-order valence-corrected chi connectivity index (χ4v) is 4.05. The molecule has 0 amide bonds. The summed E-state index contributed by atoms with van der Waals surface area (Å²) in [6, 6.07) is 3.96. The molecule has 2 fully saturated rings. The molecule has 0 atom stereocenters. The van der Waals surface area contributed by atoms with E-state index >= 15 is 0 Å². The molecule has 4 nitrogen and oxygen atoms in total. The zero-order valence-corrected chi connectivity index (χ0v) is 12.1. The number of rotatable bonds is 6. The Morgan fingerprint density at radius 2 is 1.70 bits per heavy atom. The van der Waals surface area contributed by atoms with Crippen LogP contribution in [0.25, 0.3) is 0 Å². The maximum absolute atomic E-state index is 13.5. The molecule has 0 heterocycles. The minimum Gasteiger partial charge on any atom is -0.395 e. The van der Waals surface area contributed by atoms with Crippen molar-refractivity contribution in [1.82, 2.24) is 4.31 Å². The van der Waals surface area contributed by atoms with Crippen LogP contribution in [0.4, 0.5) is 10.1 Å². The van der Waals surface area contributed by atoms with E-state index in [1.54, 1.807) is 0 Å².